The van der Waals surface area contributed by atoms with E-state index in [9.17, 15) is 14.4 Å². The second-order valence-electron chi connectivity index (χ2n) is 11.1. The minimum absolute atomic E-state index is 0.0705. The van der Waals surface area contributed by atoms with Crippen molar-refractivity contribution in [1.29, 1.82) is 0 Å². The van der Waals surface area contributed by atoms with Gasteiger partial charge in [0.2, 0.25) is 5.91 Å². The topological polar surface area (TPSA) is 96.5 Å². The molecular weight excluding hydrogens is 619 g/mol. The number of hydrogen-bond donors (Lipinski definition) is 3. The average Bonchev–Trinajstić information content (AvgIpc) is 3.10. The number of benzene rings is 5. The van der Waals surface area contributed by atoms with E-state index in [1.165, 1.54) is 11.8 Å². The lowest BCUT2D eigenvalue weighted by Crippen LogP contribution is -2.30. The Morgan fingerprint density at radius 2 is 1.48 bits per heavy atom. The second-order valence-corrected chi connectivity index (χ2v) is 12.3. The quantitative estimate of drug-likeness (QED) is 0.0924. The number of carbonyl (C=O) groups excluding carboxylic acids is 3. The Balaban J connectivity index is 1.38. The number of nitrogens with one attached hydrogen (secondary N) is 3. The fraction of sp³-hybridized carbons (Fsp3) is 0.125. The van der Waals surface area contributed by atoms with E-state index < -0.39 is 17.1 Å². The highest BCUT2D eigenvalue weighted by molar-refractivity contribution is 8.00. The van der Waals surface area contributed by atoms with Gasteiger partial charge in [0.1, 0.15) is 16.7 Å². The zero-order valence-electron chi connectivity index (χ0n) is 27.0. The van der Waals surface area contributed by atoms with Crippen molar-refractivity contribution in [3.05, 3.63) is 161 Å². The molecule has 242 valence electrons. The Kier molecular flexibility index (Phi) is 11.5. The molecule has 5 aromatic carbocycles. The second kappa shape index (κ2) is 16.3. The van der Waals surface area contributed by atoms with Gasteiger partial charge in [-0.15, -0.1) is 11.8 Å². The van der Waals surface area contributed by atoms with E-state index in [-0.39, 0.29) is 11.6 Å². The molecule has 0 bridgehead atoms. The maximum atomic E-state index is 13.7. The first-order valence-corrected chi connectivity index (χ1v) is 16.5. The maximum absolute atomic E-state index is 13.7. The third-order valence-corrected chi connectivity index (χ3v) is 8.62. The summed E-state index contributed by atoms with van der Waals surface area (Å²) in [7, 11) is 0. The molecule has 0 saturated heterocycles. The number of rotatable bonds is 12. The number of carbonyl (C=O) groups is 3. The molecule has 7 nitrogen and oxygen atoms in total. The lowest BCUT2D eigenvalue weighted by Gasteiger charge is -2.19. The van der Waals surface area contributed by atoms with Crippen LogP contribution in [0.1, 0.15) is 44.8 Å². The predicted molar refractivity (Wildman–Crippen MR) is 194 cm³/mol. The summed E-state index contributed by atoms with van der Waals surface area (Å²) >= 11 is 1.39. The number of anilines is 2. The minimum atomic E-state index is -0.558. The summed E-state index contributed by atoms with van der Waals surface area (Å²) in [5.41, 5.74) is 5.37. The zero-order valence-corrected chi connectivity index (χ0v) is 27.8. The third kappa shape index (κ3) is 9.24. The summed E-state index contributed by atoms with van der Waals surface area (Å²) in [6.07, 6.45) is 1.62. The van der Waals surface area contributed by atoms with Gasteiger partial charge in [-0.2, -0.15) is 0 Å². The lowest BCUT2D eigenvalue weighted by atomic mass is 10.1. The lowest BCUT2D eigenvalue weighted by molar-refractivity contribution is -0.116. The van der Waals surface area contributed by atoms with E-state index in [2.05, 4.69) is 16.0 Å². The van der Waals surface area contributed by atoms with Gasteiger partial charge in [-0.05, 0) is 97.6 Å². The molecule has 48 heavy (non-hydrogen) atoms. The molecule has 8 heteroatoms. The molecule has 3 amide bonds. The van der Waals surface area contributed by atoms with Crippen molar-refractivity contribution in [3.63, 3.8) is 0 Å². The van der Waals surface area contributed by atoms with Crippen LogP contribution >= 0.6 is 11.8 Å². The Morgan fingerprint density at radius 1 is 0.771 bits per heavy atom. The van der Waals surface area contributed by atoms with Crippen molar-refractivity contribution in [3.8, 4) is 5.75 Å². The first kappa shape index (κ1) is 33.8. The number of hydrogen-bond acceptors (Lipinski definition) is 5. The van der Waals surface area contributed by atoms with Gasteiger partial charge in [-0.25, -0.2) is 0 Å². The van der Waals surface area contributed by atoms with Crippen LogP contribution in [0.2, 0.25) is 0 Å². The molecule has 0 fully saturated rings. The van der Waals surface area contributed by atoms with Gasteiger partial charge in [0.05, 0.1) is 6.61 Å². The molecule has 0 aromatic heterocycles. The smallest absolute Gasteiger partial charge is 0.272 e. The highest BCUT2D eigenvalue weighted by Gasteiger charge is 2.23. The Labute approximate surface area is 285 Å². The average molecular weight is 656 g/mol. The standard InChI is InChI=1S/C40H37N3O4S/c1-4-47-33-22-20-29(21-23-33)25-36(43-38(44)31-14-9-6-10-15-31)39(45)41-32-16-11-17-34(26-32)48-37(30-12-7-5-8-13-30)40(46)42-35-24-27(2)18-19-28(35)3/h5-26,37H,4H2,1-3H3,(H,41,45)(H,42,46)(H,43,44)/b36-25+. The molecule has 0 radical (unpaired) electrons. The fourth-order valence-corrected chi connectivity index (χ4v) is 5.97. The van der Waals surface area contributed by atoms with Crippen LogP contribution in [0.3, 0.4) is 0 Å². The van der Waals surface area contributed by atoms with E-state index in [0.29, 0.717) is 29.2 Å². The van der Waals surface area contributed by atoms with Crippen molar-refractivity contribution in [2.24, 2.45) is 0 Å². The van der Waals surface area contributed by atoms with Crippen LogP contribution in [-0.4, -0.2) is 24.3 Å². The molecule has 3 N–H and O–H groups in total. The van der Waals surface area contributed by atoms with Crippen molar-refractivity contribution >= 4 is 46.9 Å². The molecule has 0 saturated carbocycles. The van der Waals surface area contributed by atoms with Gasteiger partial charge >= 0.3 is 0 Å². The summed E-state index contributed by atoms with van der Waals surface area (Å²) in [6.45, 7) is 6.40. The molecule has 5 rings (SSSR count). The number of amides is 3. The summed E-state index contributed by atoms with van der Waals surface area (Å²) in [5, 5.41) is 8.26. The first-order chi connectivity index (χ1) is 23.3. The van der Waals surface area contributed by atoms with Crippen molar-refractivity contribution in [2.75, 3.05) is 17.2 Å². The van der Waals surface area contributed by atoms with E-state index >= 15 is 0 Å². The molecule has 0 aliphatic heterocycles. The zero-order chi connectivity index (χ0) is 33.9. The molecule has 0 heterocycles. The van der Waals surface area contributed by atoms with Gasteiger partial charge in [-0.1, -0.05) is 78.9 Å². The Bertz CT molecular complexity index is 1910. The van der Waals surface area contributed by atoms with Crippen LogP contribution in [0.25, 0.3) is 6.08 Å². The summed E-state index contributed by atoms with van der Waals surface area (Å²) in [4.78, 5) is 41.3. The van der Waals surface area contributed by atoms with E-state index in [1.807, 2.05) is 118 Å². The molecule has 1 unspecified atom stereocenters. The van der Waals surface area contributed by atoms with Gasteiger partial charge in [0.25, 0.3) is 11.8 Å². The maximum Gasteiger partial charge on any atom is 0.272 e. The predicted octanol–water partition coefficient (Wildman–Crippen LogP) is 8.58. The van der Waals surface area contributed by atoms with Crippen molar-refractivity contribution in [2.45, 2.75) is 30.9 Å². The van der Waals surface area contributed by atoms with Crippen LogP contribution in [0.5, 0.6) is 5.75 Å². The SMILES string of the molecule is CCOc1ccc(/C=C(/NC(=O)c2ccccc2)C(=O)Nc2cccc(SC(C(=O)Nc3cc(C)ccc3C)c3ccccc3)c2)cc1. The van der Waals surface area contributed by atoms with Gasteiger partial charge in [-0.3, -0.25) is 14.4 Å². The van der Waals surface area contributed by atoms with Crippen molar-refractivity contribution in [1.82, 2.24) is 5.32 Å². The van der Waals surface area contributed by atoms with E-state index in [0.717, 1.165) is 27.3 Å². The molecular formula is C40H37N3O4S. The number of thioether (sulfide) groups is 1. The Hall–Kier alpha value is -5.60. The monoisotopic (exact) mass is 655 g/mol. The van der Waals surface area contributed by atoms with E-state index in [1.54, 1.807) is 36.4 Å². The van der Waals surface area contributed by atoms with Gasteiger partial charge in [0, 0.05) is 21.8 Å². The van der Waals surface area contributed by atoms with Crippen LogP contribution in [0.4, 0.5) is 11.4 Å². The molecule has 0 spiro atoms. The first-order valence-electron chi connectivity index (χ1n) is 15.6. The molecule has 5 aromatic rings. The minimum Gasteiger partial charge on any atom is -0.494 e. The third-order valence-electron chi connectivity index (χ3n) is 7.37. The highest BCUT2D eigenvalue weighted by Crippen LogP contribution is 2.37. The van der Waals surface area contributed by atoms with Crippen LogP contribution < -0.4 is 20.7 Å². The number of ether oxygens (including phenoxy) is 1. The van der Waals surface area contributed by atoms with Crippen LogP contribution in [-0.2, 0) is 9.59 Å². The summed E-state index contributed by atoms with van der Waals surface area (Å²) in [5.74, 6) is -0.353. The summed E-state index contributed by atoms with van der Waals surface area (Å²) in [6, 6.07) is 38.8. The van der Waals surface area contributed by atoms with Gasteiger partial charge in [0.15, 0.2) is 0 Å². The largest absolute Gasteiger partial charge is 0.494 e. The molecule has 0 aliphatic carbocycles. The molecule has 1 atom stereocenters. The van der Waals surface area contributed by atoms with Crippen LogP contribution in [0, 0.1) is 13.8 Å². The van der Waals surface area contributed by atoms with Crippen LogP contribution in [0.15, 0.2) is 138 Å². The fourth-order valence-electron chi connectivity index (χ4n) is 4.89. The summed E-state index contributed by atoms with van der Waals surface area (Å²) < 4.78 is 5.54. The normalized spacial score (nSPS) is 11.7. The molecule has 0 aliphatic rings. The highest BCUT2D eigenvalue weighted by atomic mass is 32.2. The Morgan fingerprint density at radius 3 is 2.19 bits per heavy atom. The van der Waals surface area contributed by atoms with Gasteiger partial charge < -0.3 is 20.7 Å². The van der Waals surface area contributed by atoms with Crippen molar-refractivity contribution < 1.29 is 19.1 Å². The van der Waals surface area contributed by atoms with E-state index in [4.69, 9.17) is 4.74 Å². The number of aryl methyl sites for hydroxylation is 2.